The van der Waals surface area contributed by atoms with Gasteiger partial charge in [-0.05, 0) is 45.4 Å². The zero-order chi connectivity index (χ0) is 62.5. The number of ketones is 1. The number of methoxy groups -OCH3 is 1. The van der Waals surface area contributed by atoms with Gasteiger partial charge in [-0.1, -0.05) is 98.8 Å². The van der Waals surface area contributed by atoms with Gasteiger partial charge in [0, 0.05) is 107 Å². The molecule has 0 aromatic heterocycles. The number of allylic oxidation sites excluding steroid dienone is 3. The molecule has 85 heavy (non-hydrogen) atoms. The Morgan fingerprint density at radius 1 is 0.812 bits per heavy atom. The number of halogens is 1. The predicted octanol–water partition coefficient (Wildman–Crippen LogP) is 6.07. The third-order valence-corrected chi connectivity index (χ3v) is 18.6. The number of aliphatic hydroxyl groups is 7. The van der Waals surface area contributed by atoms with Crippen LogP contribution in [0.25, 0.3) is 0 Å². The standard InChI is InChI=1S/C63H95BrO21/c1-33(19-42(67)18-17-35(3)64)20-53-55(72)57-39(7)58(79-53)59(73)63(75)31-51(70)37(5)52(85-63)16-14-12-13-15-44-22-43(68)27-61(81-44)29-47(76-11)23-45(82-61)25-50(69)38(6)56(78-41(9)66)36(4)34(2)21-49-28-60(10,74)32-62(84-49)30-48(77-40(8)65)24-46(83-62)26-54(71)80-57/h13,15,17-18,36-39,42-49,51-53,55-59,67-68,70,72-75H,1-3,12,14,16,19-32H2,4-11H3/b15-13-,18-17+/t36-,37+,38-,39+,42+,43-,44-,45+,46+,47+,48-,49+,51-,52-,53-,55-,56-,57-,58+,59+,60-,61-,62+,63-/m1/s1. The molecule has 22 heteroatoms. The maximum absolute atomic E-state index is 14.5. The molecule has 24 atom stereocenters. The number of aliphatic hydroxyl groups excluding tert-OH is 5. The monoisotopic (exact) mass is 1270 g/mol. The molecular formula is C63H95BrO21. The minimum absolute atomic E-state index is 0.0122. The van der Waals surface area contributed by atoms with E-state index in [9.17, 15) is 54.9 Å². The Morgan fingerprint density at radius 2 is 1.47 bits per heavy atom. The molecule has 0 saturated carbocycles. The summed E-state index contributed by atoms with van der Waals surface area (Å²) in [6.07, 6.45) is -8.17. The van der Waals surface area contributed by atoms with Crippen LogP contribution in [0.3, 0.4) is 0 Å². The van der Waals surface area contributed by atoms with E-state index in [0.29, 0.717) is 47.7 Å². The molecule has 480 valence electrons. The van der Waals surface area contributed by atoms with E-state index in [4.69, 9.17) is 47.4 Å². The molecule has 0 aromatic carbocycles. The van der Waals surface area contributed by atoms with Crippen LogP contribution in [0.1, 0.15) is 158 Å². The molecule has 6 saturated heterocycles. The fourth-order valence-corrected chi connectivity index (χ4v) is 14.3. The average molecular weight is 1270 g/mol. The number of Topliss-reactive ketones (excluding diaryl/α,β-unsaturated/α-hetero) is 1. The lowest BCUT2D eigenvalue weighted by molar-refractivity contribution is -0.351. The van der Waals surface area contributed by atoms with E-state index < -0.39 is 169 Å². The lowest BCUT2D eigenvalue weighted by Gasteiger charge is -2.52. The lowest BCUT2D eigenvalue weighted by atomic mass is 9.78. The second-order valence-electron chi connectivity index (χ2n) is 25.9. The van der Waals surface area contributed by atoms with Crippen molar-refractivity contribution >= 4 is 39.6 Å². The fourth-order valence-electron chi connectivity index (χ4n) is 14.1. The third kappa shape index (κ3) is 18.2. The van der Waals surface area contributed by atoms with Crippen LogP contribution in [0.2, 0.25) is 0 Å². The normalized spacial score (nSPS) is 44.5. The maximum atomic E-state index is 14.5. The molecular weight excluding hydrogens is 1170 g/mol. The minimum Gasteiger partial charge on any atom is -0.462 e. The molecule has 0 aliphatic carbocycles. The first kappa shape index (κ1) is 69.2. The van der Waals surface area contributed by atoms with Gasteiger partial charge in [0.25, 0.3) is 0 Å². The van der Waals surface area contributed by atoms with Crippen molar-refractivity contribution in [2.75, 3.05) is 7.11 Å². The summed E-state index contributed by atoms with van der Waals surface area (Å²) in [6.45, 7) is 23.3. The van der Waals surface area contributed by atoms with E-state index in [0.717, 1.165) is 0 Å². The molecule has 7 aliphatic rings. The third-order valence-electron chi connectivity index (χ3n) is 18.3. The van der Waals surface area contributed by atoms with E-state index in [1.54, 1.807) is 47.8 Å². The highest BCUT2D eigenvalue weighted by Crippen LogP contribution is 2.48. The number of carbonyl (C=O) groups excluding carboxylic acids is 4. The SMILES string of the molecule is C=C(Br)/C=C/[C@H](O)CC(=C)C[C@H]1O[C@H]2[C@@H](C)[C@@H](OC(=O)C[C@@H]3C[C@@H](OC(C)=O)C[C@]4(C[C@](C)(O)C[C@H](CC(=C)[C@@H](C)[C@@H](OC(C)=O)[C@H](C)C(=O)C[C@@H]5C[C@H](OC)C[C@@]6(C[C@H](O)C[C@@H](/C=C\CCC[C@H]7O[C@](O)(C[C@@H](O)[C@@H]7C)[C@H]2O)O6)O5)O4)O3)[C@@H]1O. The largest absolute Gasteiger partial charge is 0.462 e. The summed E-state index contributed by atoms with van der Waals surface area (Å²) in [6, 6.07) is 0. The number of fused-ring (bicyclic) bond motifs is 8. The van der Waals surface area contributed by atoms with Gasteiger partial charge >= 0.3 is 17.9 Å². The Hall–Kier alpha value is -3.30. The molecule has 0 amide bonds. The van der Waals surface area contributed by atoms with Gasteiger partial charge in [-0.3, -0.25) is 19.2 Å². The van der Waals surface area contributed by atoms with Gasteiger partial charge in [-0.2, -0.15) is 0 Å². The average Bonchev–Trinajstić information content (AvgIpc) is 1.35. The van der Waals surface area contributed by atoms with Gasteiger partial charge in [-0.25, -0.2) is 0 Å². The van der Waals surface area contributed by atoms with Crippen LogP contribution in [0, 0.1) is 23.7 Å². The van der Waals surface area contributed by atoms with Gasteiger partial charge < -0.3 is 83.1 Å². The number of esters is 3. The highest BCUT2D eigenvalue weighted by Gasteiger charge is 2.58. The zero-order valence-electron chi connectivity index (χ0n) is 50.7. The number of rotatable bonds is 9. The minimum atomic E-state index is -2.40. The molecule has 0 radical (unpaired) electrons. The molecule has 10 bridgehead atoms. The smallest absolute Gasteiger partial charge is 0.308 e. The molecule has 21 nitrogen and oxygen atoms in total. The molecule has 7 rings (SSSR count). The summed E-state index contributed by atoms with van der Waals surface area (Å²) in [7, 11) is 1.57. The van der Waals surface area contributed by atoms with Gasteiger partial charge in [0.1, 0.15) is 36.3 Å². The lowest BCUT2D eigenvalue weighted by Crippen LogP contribution is -2.65. The van der Waals surface area contributed by atoms with Gasteiger partial charge in [0.05, 0.1) is 85.1 Å². The van der Waals surface area contributed by atoms with Crippen molar-refractivity contribution in [3.05, 3.63) is 59.7 Å². The van der Waals surface area contributed by atoms with Crippen LogP contribution in [-0.4, -0.2) is 187 Å². The van der Waals surface area contributed by atoms with Crippen LogP contribution in [0.15, 0.2) is 59.7 Å². The van der Waals surface area contributed by atoms with Crippen LogP contribution in [0.5, 0.6) is 0 Å². The summed E-state index contributed by atoms with van der Waals surface area (Å²) in [5.41, 5.74) is -0.473. The Kier molecular flexibility index (Phi) is 23.7. The van der Waals surface area contributed by atoms with E-state index >= 15 is 0 Å². The van der Waals surface area contributed by atoms with Crippen molar-refractivity contribution < 1.29 is 102 Å². The highest BCUT2D eigenvalue weighted by atomic mass is 79.9. The van der Waals surface area contributed by atoms with Crippen molar-refractivity contribution in [3.8, 4) is 0 Å². The molecule has 7 aliphatic heterocycles. The first-order chi connectivity index (χ1) is 39.8. The summed E-state index contributed by atoms with van der Waals surface area (Å²) < 4.78 is 64.0. The van der Waals surface area contributed by atoms with E-state index in [1.165, 1.54) is 19.9 Å². The van der Waals surface area contributed by atoms with Crippen LogP contribution in [0.4, 0.5) is 0 Å². The Bertz CT molecular complexity index is 2430. The van der Waals surface area contributed by atoms with E-state index in [1.807, 2.05) is 12.2 Å². The van der Waals surface area contributed by atoms with Crippen molar-refractivity contribution in [1.29, 1.82) is 0 Å². The first-order valence-corrected chi connectivity index (χ1v) is 31.1. The Morgan fingerprint density at radius 3 is 2.15 bits per heavy atom. The van der Waals surface area contributed by atoms with Crippen molar-refractivity contribution in [3.63, 3.8) is 0 Å². The molecule has 7 N–H and O–H groups in total. The second-order valence-corrected chi connectivity index (χ2v) is 27.0. The van der Waals surface area contributed by atoms with Gasteiger partial charge in [0.2, 0.25) is 0 Å². The quantitative estimate of drug-likeness (QED) is 0.0597. The van der Waals surface area contributed by atoms with Gasteiger partial charge in [0.15, 0.2) is 17.4 Å². The number of carbonyl (C=O) groups is 4. The second kappa shape index (κ2) is 29.1. The number of hydrogen-bond acceptors (Lipinski definition) is 21. The van der Waals surface area contributed by atoms with E-state index in [2.05, 4.69) is 35.7 Å². The summed E-state index contributed by atoms with van der Waals surface area (Å²) in [5, 5.41) is 82.5. The highest BCUT2D eigenvalue weighted by molar-refractivity contribution is 9.11. The van der Waals surface area contributed by atoms with Crippen molar-refractivity contribution in [2.24, 2.45) is 23.7 Å². The predicted molar refractivity (Wildman–Crippen MR) is 311 cm³/mol. The maximum Gasteiger partial charge on any atom is 0.308 e. The number of ether oxygens (including phenoxy) is 10. The summed E-state index contributed by atoms with van der Waals surface area (Å²) >= 11 is 3.24. The first-order valence-electron chi connectivity index (χ1n) is 30.3. The van der Waals surface area contributed by atoms with Crippen molar-refractivity contribution in [1.82, 2.24) is 0 Å². The van der Waals surface area contributed by atoms with E-state index in [-0.39, 0.29) is 76.1 Å². The van der Waals surface area contributed by atoms with Crippen molar-refractivity contribution in [2.45, 2.75) is 278 Å². The molecule has 2 spiro atoms. The molecule has 6 fully saturated rings. The van der Waals surface area contributed by atoms with Gasteiger partial charge in [-0.15, -0.1) is 0 Å². The molecule has 7 heterocycles. The Labute approximate surface area is 508 Å². The van der Waals surface area contributed by atoms with Crippen LogP contribution in [-0.2, 0) is 66.5 Å². The summed E-state index contributed by atoms with van der Waals surface area (Å²) in [5.74, 6) is -10.7. The topological polar surface area (TPSA) is 302 Å². The van der Waals surface area contributed by atoms with Crippen LogP contribution >= 0.6 is 15.9 Å². The molecule has 0 aromatic rings. The number of hydrogen-bond donors (Lipinski definition) is 7. The fraction of sp³-hybridized carbons (Fsp3) is 0.778. The Balaban J connectivity index is 1.22. The molecule has 0 unspecified atom stereocenters. The summed E-state index contributed by atoms with van der Waals surface area (Å²) in [4.78, 5) is 54.3. The zero-order valence-corrected chi connectivity index (χ0v) is 52.3. The van der Waals surface area contributed by atoms with Crippen LogP contribution < -0.4 is 0 Å².